The van der Waals surface area contributed by atoms with Crippen LogP contribution in [0.2, 0.25) is 0 Å². The number of hydrogen-bond donors (Lipinski definition) is 0. The van der Waals surface area contributed by atoms with Gasteiger partial charge in [0.15, 0.2) is 0 Å². The molecular weight excluding hydrogens is 455 g/mol. The average Bonchev–Trinajstić information content (AvgIpc) is 2.76. The molecule has 1 atom stereocenters. The molecule has 0 fully saturated rings. The molecule has 7 nitrogen and oxygen atoms in total. The molecule has 0 aliphatic carbocycles. The number of methoxy groups -OCH3 is 1. The third-order valence-electron chi connectivity index (χ3n) is 5.23. The molecule has 0 spiro atoms. The first-order chi connectivity index (χ1) is 16.0. The van der Waals surface area contributed by atoms with Gasteiger partial charge in [0, 0.05) is 12.1 Å². The van der Waals surface area contributed by atoms with E-state index in [4.69, 9.17) is 14.2 Å². The van der Waals surface area contributed by atoms with Gasteiger partial charge >= 0.3 is 18.1 Å². The summed E-state index contributed by atoms with van der Waals surface area (Å²) < 4.78 is 54.5. The van der Waals surface area contributed by atoms with E-state index in [0.717, 1.165) is 12.1 Å². The van der Waals surface area contributed by atoms with Crippen molar-refractivity contribution >= 4 is 17.8 Å². The number of ether oxygens (including phenoxy) is 3. The second-order valence-electron chi connectivity index (χ2n) is 8.25. The summed E-state index contributed by atoms with van der Waals surface area (Å²) in [6.07, 6.45) is -5.02. The zero-order chi connectivity index (χ0) is 25.5. The molecule has 10 heteroatoms. The quantitative estimate of drug-likeness (QED) is 0.384. The van der Waals surface area contributed by atoms with Crippen LogP contribution in [-0.4, -0.2) is 49.2 Å². The number of alkyl halides is 3. The number of benzene rings is 1. The third kappa shape index (κ3) is 7.31. The normalized spacial score (nSPS) is 16.4. The summed E-state index contributed by atoms with van der Waals surface area (Å²) in [5.41, 5.74) is 0.0801. The lowest BCUT2D eigenvalue weighted by molar-refractivity contribution is -0.148. The SMILES string of the molecule is CCOC(=O)CC(=O)N(Cc1ccc(C(F)(F)F)cc1)C1=C(C(=O)OC)C(CC(C)C)OCC1. The molecule has 0 aromatic heterocycles. The Bertz CT molecular complexity index is 908. The van der Waals surface area contributed by atoms with Crippen molar-refractivity contribution in [1.29, 1.82) is 0 Å². The largest absolute Gasteiger partial charge is 0.466 e. The van der Waals surface area contributed by atoms with Crippen LogP contribution in [0.1, 0.15) is 51.2 Å². The van der Waals surface area contributed by atoms with Crippen LogP contribution in [0, 0.1) is 5.92 Å². The van der Waals surface area contributed by atoms with Crippen molar-refractivity contribution in [3.05, 3.63) is 46.7 Å². The van der Waals surface area contributed by atoms with Gasteiger partial charge in [-0.15, -0.1) is 0 Å². The number of rotatable bonds is 9. The maximum absolute atomic E-state index is 13.2. The summed E-state index contributed by atoms with van der Waals surface area (Å²) in [6.45, 7) is 5.70. The Hall–Kier alpha value is -2.88. The standard InChI is InChI=1S/C24H30F3NO6/c1-5-33-21(30)13-20(29)28(14-16-6-8-17(9-7-16)24(25,26)27)18-10-11-34-19(12-15(2)3)22(18)23(31)32-4/h6-9,15,19H,5,10-14H2,1-4H3. The van der Waals surface area contributed by atoms with Crippen LogP contribution in [0.3, 0.4) is 0 Å². The molecule has 1 amide bonds. The van der Waals surface area contributed by atoms with Crippen LogP contribution < -0.4 is 0 Å². The average molecular weight is 485 g/mol. The minimum Gasteiger partial charge on any atom is -0.466 e. The highest BCUT2D eigenvalue weighted by atomic mass is 19.4. The van der Waals surface area contributed by atoms with Crippen LogP contribution >= 0.6 is 0 Å². The fourth-order valence-electron chi connectivity index (χ4n) is 3.70. The second kappa shape index (κ2) is 12.0. The highest BCUT2D eigenvalue weighted by molar-refractivity contribution is 5.97. The number of halogens is 3. The fourth-order valence-corrected chi connectivity index (χ4v) is 3.70. The number of amides is 1. The molecule has 34 heavy (non-hydrogen) atoms. The van der Waals surface area contributed by atoms with Crippen molar-refractivity contribution in [2.24, 2.45) is 5.92 Å². The minimum absolute atomic E-state index is 0.0887. The molecular formula is C24H30F3NO6. The summed E-state index contributed by atoms with van der Waals surface area (Å²) in [7, 11) is 1.22. The van der Waals surface area contributed by atoms with E-state index in [1.807, 2.05) is 13.8 Å². The topological polar surface area (TPSA) is 82.1 Å². The van der Waals surface area contributed by atoms with Gasteiger partial charge in [-0.2, -0.15) is 13.2 Å². The van der Waals surface area contributed by atoms with E-state index in [9.17, 15) is 27.6 Å². The van der Waals surface area contributed by atoms with E-state index in [-0.39, 0.29) is 37.7 Å². The van der Waals surface area contributed by atoms with Gasteiger partial charge < -0.3 is 19.1 Å². The number of carbonyl (C=O) groups excluding carboxylic acids is 3. The first-order valence-corrected chi connectivity index (χ1v) is 11.0. The Kier molecular flexibility index (Phi) is 9.66. The molecule has 1 heterocycles. The van der Waals surface area contributed by atoms with Crippen molar-refractivity contribution in [2.45, 2.75) is 58.9 Å². The summed E-state index contributed by atoms with van der Waals surface area (Å²) in [5, 5.41) is 0. The van der Waals surface area contributed by atoms with E-state index in [2.05, 4.69) is 0 Å². The monoisotopic (exact) mass is 485 g/mol. The van der Waals surface area contributed by atoms with Crippen LogP contribution in [0.5, 0.6) is 0 Å². The van der Waals surface area contributed by atoms with Gasteiger partial charge in [0.1, 0.15) is 6.42 Å². The van der Waals surface area contributed by atoms with Crippen molar-refractivity contribution in [3.63, 3.8) is 0 Å². The predicted molar refractivity (Wildman–Crippen MR) is 116 cm³/mol. The molecule has 2 rings (SSSR count). The Labute approximate surface area is 196 Å². The fraction of sp³-hybridized carbons (Fsp3) is 0.542. The lowest BCUT2D eigenvalue weighted by Crippen LogP contribution is -2.39. The van der Waals surface area contributed by atoms with E-state index in [1.54, 1.807) is 6.92 Å². The third-order valence-corrected chi connectivity index (χ3v) is 5.23. The highest BCUT2D eigenvalue weighted by Gasteiger charge is 2.35. The van der Waals surface area contributed by atoms with Crippen LogP contribution in [0.25, 0.3) is 0 Å². The number of esters is 2. The molecule has 1 aromatic carbocycles. The number of hydrogen-bond acceptors (Lipinski definition) is 6. The van der Waals surface area contributed by atoms with Crippen LogP contribution in [0.4, 0.5) is 13.2 Å². The van der Waals surface area contributed by atoms with E-state index >= 15 is 0 Å². The molecule has 0 saturated carbocycles. The summed E-state index contributed by atoms with van der Waals surface area (Å²) in [4.78, 5) is 39.1. The molecule has 1 aliphatic heterocycles. The van der Waals surface area contributed by atoms with E-state index < -0.39 is 42.1 Å². The Balaban J connectivity index is 2.51. The van der Waals surface area contributed by atoms with Gasteiger partial charge in [-0.25, -0.2) is 4.79 Å². The molecule has 1 unspecified atom stereocenters. The Morgan fingerprint density at radius 2 is 1.82 bits per heavy atom. The van der Waals surface area contributed by atoms with E-state index in [1.165, 1.54) is 24.1 Å². The van der Waals surface area contributed by atoms with Crippen molar-refractivity contribution in [1.82, 2.24) is 4.90 Å². The first-order valence-electron chi connectivity index (χ1n) is 11.0. The highest BCUT2D eigenvalue weighted by Crippen LogP contribution is 2.32. The van der Waals surface area contributed by atoms with Gasteiger partial charge in [0.05, 0.1) is 44.1 Å². The molecule has 0 N–H and O–H groups in total. The van der Waals surface area contributed by atoms with Gasteiger partial charge in [-0.05, 0) is 37.0 Å². The molecule has 0 bridgehead atoms. The molecule has 188 valence electrons. The Morgan fingerprint density at radius 3 is 2.35 bits per heavy atom. The summed E-state index contributed by atoms with van der Waals surface area (Å²) >= 11 is 0. The predicted octanol–water partition coefficient (Wildman–Crippen LogP) is 4.25. The maximum Gasteiger partial charge on any atom is 0.416 e. The summed E-state index contributed by atoms with van der Waals surface area (Å²) in [5.74, 6) is -1.87. The number of carbonyl (C=O) groups is 3. The molecule has 1 aliphatic rings. The molecule has 1 aromatic rings. The van der Waals surface area contributed by atoms with Crippen LogP contribution in [-0.2, 0) is 41.3 Å². The van der Waals surface area contributed by atoms with Gasteiger partial charge in [-0.1, -0.05) is 26.0 Å². The lowest BCUT2D eigenvalue weighted by atomic mass is 9.94. The lowest BCUT2D eigenvalue weighted by Gasteiger charge is -2.34. The minimum atomic E-state index is -4.50. The summed E-state index contributed by atoms with van der Waals surface area (Å²) in [6, 6.07) is 4.36. The zero-order valence-electron chi connectivity index (χ0n) is 19.7. The van der Waals surface area contributed by atoms with Crippen LogP contribution in [0.15, 0.2) is 35.5 Å². The second-order valence-corrected chi connectivity index (χ2v) is 8.25. The number of nitrogens with zero attached hydrogens (tertiary/aromatic N) is 1. The smallest absolute Gasteiger partial charge is 0.416 e. The van der Waals surface area contributed by atoms with Gasteiger partial charge in [0.25, 0.3) is 0 Å². The maximum atomic E-state index is 13.2. The molecule has 0 radical (unpaired) electrons. The zero-order valence-corrected chi connectivity index (χ0v) is 19.7. The Morgan fingerprint density at radius 1 is 1.18 bits per heavy atom. The van der Waals surface area contributed by atoms with Crippen molar-refractivity contribution < 1.29 is 41.8 Å². The van der Waals surface area contributed by atoms with Gasteiger partial charge in [-0.3, -0.25) is 9.59 Å². The van der Waals surface area contributed by atoms with Crippen molar-refractivity contribution in [3.8, 4) is 0 Å². The molecule has 0 saturated heterocycles. The van der Waals surface area contributed by atoms with E-state index in [0.29, 0.717) is 17.7 Å². The van der Waals surface area contributed by atoms with Crippen molar-refractivity contribution in [2.75, 3.05) is 20.3 Å². The first kappa shape index (κ1) is 27.4. The van der Waals surface area contributed by atoms with Gasteiger partial charge in [0.2, 0.25) is 5.91 Å².